The average molecular weight is 402 g/mol. The van der Waals surface area contributed by atoms with Crippen LogP contribution in [0.25, 0.3) is 0 Å². The van der Waals surface area contributed by atoms with Crippen LogP contribution in [0.5, 0.6) is 0 Å². The topological polar surface area (TPSA) is 150 Å². The molecule has 1 unspecified atom stereocenters. The molecular formula is C12H19N4NaO8S. The van der Waals surface area contributed by atoms with Gasteiger partial charge in [0, 0.05) is 19.6 Å². The van der Waals surface area contributed by atoms with Gasteiger partial charge in [-0.1, -0.05) is 0 Å². The van der Waals surface area contributed by atoms with Crippen molar-refractivity contribution in [2.75, 3.05) is 32.8 Å². The Hall–Kier alpha value is -0.510. The maximum Gasteiger partial charge on any atom is 1.00 e. The molecule has 3 amide bonds. The Morgan fingerprint density at radius 2 is 2.15 bits per heavy atom. The van der Waals surface area contributed by atoms with Gasteiger partial charge >= 0.3 is 35.6 Å². The zero-order valence-corrected chi connectivity index (χ0v) is 17.1. The van der Waals surface area contributed by atoms with Crippen molar-refractivity contribution >= 4 is 22.3 Å². The van der Waals surface area contributed by atoms with Crippen molar-refractivity contribution in [1.29, 1.82) is 0 Å². The Morgan fingerprint density at radius 1 is 1.38 bits per heavy atom. The third-order valence-corrected chi connectivity index (χ3v) is 4.57. The van der Waals surface area contributed by atoms with Gasteiger partial charge in [0.2, 0.25) is 10.4 Å². The van der Waals surface area contributed by atoms with Gasteiger partial charge in [-0.05, 0) is 12.8 Å². The summed E-state index contributed by atoms with van der Waals surface area (Å²) in [5.74, 6) is -0.525. The molecule has 0 spiro atoms. The first-order chi connectivity index (χ1) is 11.8. The molecule has 0 saturated carbocycles. The third-order valence-electron chi connectivity index (χ3n) is 4.22. The quantitative estimate of drug-likeness (QED) is 0.199. The SMILES string of the molecule is O=C(NOC1CNCCOC1)[C@@H]1CC[C@@H]2CN1C(=O)N2OS(=O)(=O)[O-].[Na+]. The monoisotopic (exact) mass is 402 g/mol. The molecule has 0 aromatic heterocycles. The second-order valence-corrected chi connectivity index (χ2v) is 6.94. The number of fused-ring (bicyclic) bond motifs is 2. The number of nitrogens with one attached hydrogen (secondary N) is 2. The average Bonchev–Trinajstić information content (AvgIpc) is 2.77. The van der Waals surface area contributed by atoms with Gasteiger partial charge in [-0.2, -0.15) is 9.35 Å². The van der Waals surface area contributed by atoms with Gasteiger partial charge in [-0.3, -0.25) is 9.63 Å². The van der Waals surface area contributed by atoms with Crippen LogP contribution in [0.2, 0.25) is 0 Å². The summed E-state index contributed by atoms with van der Waals surface area (Å²) in [6.07, 6.45) is 0.260. The minimum absolute atomic E-state index is 0. The third kappa shape index (κ3) is 5.27. The molecule has 3 aliphatic heterocycles. The Kier molecular flexibility index (Phi) is 7.64. The molecule has 142 valence electrons. The largest absolute Gasteiger partial charge is 1.00 e. The van der Waals surface area contributed by atoms with E-state index < -0.39 is 34.4 Å². The number of hydrogen-bond acceptors (Lipinski definition) is 9. The van der Waals surface area contributed by atoms with Gasteiger partial charge in [-0.15, -0.1) is 0 Å². The van der Waals surface area contributed by atoms with Gasteiger partial charge in [0.15, 0.2) is 0 Å². The van der Waals surface area contributed by atoms with E-state index in [1.807, 2.05) is 0 Å². The molecule has 0 radical (unpaired) electrons. The summed E-state index contributed by atoms with van der Waals surface area (Å²) in [6, 6.07) is -2.24. The molecule has 12 nitrogen and oxygen atoms in total. The molecule has 2 N–H and O–H groups in total. The van der Waals surface area contributed by atoms with E-state index in [0.717, 1.165) is 0 Å². The molecule has 3 atom stereocenters. The smallest absolute Gasteiger partial charge is 0.724 e. The van der Waals surface area contributed by atoms with Crippen molar-refractivity contribution in [2.24, 2.45) is 0 Å². The first kappa shape index (κ1) is 21.8. The maximum atomic E-state index is 12.3. The van der Waals surface area contributed by atoms with Crippen LogP contribution in [0.15, 0.2) is 0 Å². The van der Waals surface area contributed by atoms with E-state index in [0.29, 0.717) is 44.2 Å². The molecule has 0 aliphatic carbocycles. The molecule has 14 heteroatoms. The van der Waals surface area contributed by atoms with Gasteiger partial charge < -0.3 is 19.5 Å². The second-order valence-electron chi connectivity index (χ2n) is 5.98. The number of ether oxygens (including phenoxy) is 1. The zero-order chi connectivity index (χ0) is 18.0. The number of hydroxylamine groups is 3. The van der Waals surface area contributed by atoms with Crippen LogP contribution in [0, 0.1) is 0 Å². The van der Waals surface area contributed by atoms with E-state index in [4.69, 9.17) is 9.57 Å². The number of nitrogens with zero attached hydrogens (tertiary/aromatic N) is 2. The molecule has 0 aromatic rings. The van der Waals surface area contributed by atoms with Crippen molar-refractivity contribution in [3.8, 4) is 0 Å². The first-order valence-corrected chi connectivity index (χ1v) is 9.17. The van der Waals surface area contributed by atoms with Crippen molar-refractivity contribution in [1.82, 2.24) is 20.8 Å². The summed E-state index contributed by atoms with van der Waals surface area (Å²) in [5, 5.41) is 3.61. The van der Waals surface area contributed by atoms with Crippen LogP contribution in [0.1, 0.15) is 12.8 Å². The Bertz CT molecular complexity index is 627. The van der Waals surface area contributed by atoms with Crippen LogP contribution in [0.3, 0.4) is 0 Å². The summed E-state index contributed by atoms with van der Waals surface area (Å²) >= 11 is 0. The normalized spacial score (nSPS) is 29.1. The fourth-order valence-corrected chi connectivity index (χ4v) is 3.45. The molecule has 3 saturated heterocycles. The summed E-state index contributed by atoms with van der Waals surface area (Å²) < 4.78 is 41.7. The van der Waals surface area contributed by atoms with Crippen LogP contribution in [-0.2, 0) is 29.1 Å². The maximum absolute atomic E-state index is 12.3. The molecular weight excluding hydrogens is 383 g/mol. The molecule has 0 aromatic carbocycles. The van der Waals surface area contributed by atoms with E-state index in [2.05, 4.69) is 15.1 Å². The predicted octanol–water partition coefficient (Wildman–Crippen LogP) is -5.31. The number of rotatable bonds is 5. The summed E-state index contributed by atoms with van der Waals surface area (Å²) in [6.45, 7) is 2.18. The summed E-state index contributed by atoms with van der Waals surface area (Å²) in [7, 11) is -5.06. The van der Waals surface area contributed by atoms with Gasteiger partial charge in [-0.25, -0.2) is 18.7 Å². The fraction of sp³-hybridized carbons (Fsp3) is 0.833. The number of hydrogen-bond donors (Lipinski definition) is 2. The van der Waals surface area contributed by atoms with Crippen molar-refractivity contribution in [2.45, 2.75) is 31.0 Å². The van der Waals surface area contributed by atoms with E-state index in [1.54, 1.807) is 0 Å². The van der Waals surface area contributed by atoms with E-state index in [9.17, 15) is 22.6 Å². The number of amides is 3. The standard InChI is InChI=1S/C12H20N4O8S.Na/c17-11(14-23-9-5-13-3-4-22-7-9)10-2-1-8-6-15(10)12(18)16(8)24-25(19,20)21;/h8-10,13H,1-7H2,(H,14,17)(H,19,20,21);/q;+1/p-1/t8-,9?,10+;/m1./s1. The van der Waals surface area contributed by atoms with Gasteiger partial charge in [0.25, 0.3) is 5.91 Å². The zero-order valence-electron chi connectivity index (χ0n) is 14.3. The molecule has 26 heavy (non-hydrogen) atoms. The van der Waals surface area contributed by atoms with Gasteiger partial charge in [0.05, 0.1) is 19.3 Å². The Balaban J connectivity index is 0.00000243. The molecule has 3 heterocycles. The van der Waals surface area contributed by atoms with Crippen LogP contribution in [0.4, 0.5) is 4.79 Å². The van der Waals surface area contributed by atoms with E-state index >= 15 is 0 Å². The Morgan fingerprint density at radius 3 is 2.88 bits per heavy atom. The number of carbonyl (C=O) groups excluding carboxylic acids is 2. The summed E-state index contributed by atoms with van der Waals surface area (Å²) in [4.78, 5) is 31.0. The van der Waals surface area contributed by atoms with Crippen LogP contribution >= 0.6 is 0 Å². The predicted molar refractivity (Wildman–Crippen MR) is 78.2 cm³/mol. The van der Waals surface area contributed by atoms with Gasteiger partial charge in [0.1, 0.15) is 12.1 Å². The van der Waals surface area contributed by atoms with E-state index in [1.165, 1.54) is 4.90 Å². The number of piperidine rings is 1. The molecule has 3 rings (SSSR count). The van der Waals surface area contributed by atoms with Crippen molar-refractivity contribution in [3.63, 3.8) is 0 Å². The fourth-order valence-electron chi connectivity index (χ4n) is 3.07. The second kappa shape index (κ2) is 9.12. The van der Waals surface area contributed by atoms with Crippen molar-refractivity contribution in [3.05, 3.63) is 0 Å². The molecule has 2 bridgehead atoms. The minimum Gasteiger partial charge on any atom is -0.724 e. The number of carbonyl (C=O) groups is 2. The molecule has 3 fully saturated rings. The minimum atomic E-state index is -5.06. The Labute approximate surface area is 172 Å². The van der Waals surface area contributed by atoms with Crippen LogP contribution < -0.4 is 40.4 Å². The van der Waals surface area contributed by atoms with Crippen molar-refractivity contribution < 1.29 is 66.0 Å². The first-order valence-electron chi connectivity index (χ1n) is 7.84. The summed E-state index contributed by atoms with van der Waals surface area (Å²) in [5.41, 5.74) is 2.32. The number of urea groups is 1. The van der Waals surface area contributed by atoms with E-state index in [-0.39, 0.29) is 42.2 Å². The van der Waals surface area contributed by atoms with Crippen LogP contribution in [-0.4, -0.2) is 85.9 Å². The molecule has 3 aliphatic rings.